The lowest BCUT2D eigenvalue weighted by Gasteiger charge is -2.00. The molecule has 1 rings (SSSR count). The number of hydrogen-bond acceptors (Lipinski definition) is 1. The molecule has 0 fully saturated rings. The van der Waals surface area contributed by atoms with E-state index in [0.717, 1.165) is 11.8 Å². The molecule has 0 saturated carbocycles. The highest BCUT2D eigenvalue weighted by atomic mass is 16.1. The lowest BCUT2D eigenvalue weighted by molar-refractivity contribution is -0.108. The molecule has 0 spiro atoms. The summed E-state index contributed by atoms with van der Waals surface area (Å²) in [6.07, 6.45) is 0.954. The topological polar surface area (TPSA) is 17.1 Å². The van der Waals surface area contributed by atoms with Crippen LogP contribution in [-0.2, 0) is 4.79 Å². The molecule has 0 aliphatic carbocycles. The van der Waals surface area contributed by atoms with Gasteiger partial charge in [0.05, 0.1) is 0 Å². The van der Waals surface area contributed by atoms with Gasteiger partial charge in [-0.1, -0.05) is 37.3 Å². The van der Waals surface area contributed by atoms with Gasteiger partial charge < -0.3 is 4.79 Å². The van der Waals surface area contributed by atoms with E-state index in [1.165, 1.54) is 0 Å². The van der Waals surface area contributed by atoms with Gasteiger partial charge in [0.2, 0.25) is 0 Å². The predicted molar refractivity (Wildman–Crippen MR) is 40.9 cm³/mol. The maximum absolute atomic E-state index is 10.3. The number of aldehydes is 1. The van der Waals surface area contributed by atoms with Gasteiger partial charge >= 0.3 is 0 Å². The van der Waals surface area contributed by atoms with Crippen LogP contribution in [0.25, 0.3) is 0 Å². The summed E-state index contributed by atoms with van der Waals surface area (Å²) in [5.41, 5.74) is 1.08. The largest absolute Gasteiger partial charge is 0.303 e. The van der Waals surface area contributed by atoms with Crippen molar-refractivity contribution in [1.82, 2.24) is 0 Å². The highest BCUT2D eigenvalue weighted by Gasteiger charge is 1.99. The molecule has 1 atom stereocenters. The summed E-state index contributed by atoms with van der Waals surface area (Å²) in [5.74, 6) is 0.0289. The van der Waals surface area contributed by atoms with Gasteiger partial charge in [-0.2, -0.15) is 0 Å². The van der Waals surface area contributed by atoms with E-state index in [1.54, 1.807) is 0 Å². The molecule has 1 heteroatoms. The van der Waals surface area contributed by atoms with Crippen molar-refractivity contribution in [3.05, 3.63) is 35.9 Å². The maximum Gasteiger partial charge on any atom is 0.127 e. The summed E-state index contributed by atoms with van der Waals surface area (Å²) in [5, 5.41) is 0. The number of carbonyl (C=O) groups is 1. The Morgan fingerprint density at radius 2 is 1.90 bits per heavy atom. The highest BCUT2D eigenvalue weighted by Crippen LogP contribution is 2.10. The molecule has 0 aliphatic heterocycles. The second-order valence-corrected chi connectivity index (χ2v) is 2.34. The summed E-state index contributed by atoms with van der Waals surface area (Å²) < 4.78 is 0. The Labute approximate surface area is 60.7 Å². The summed E-state index contributed by atoms with van der Waals surface area (Å²) in [4.78, 5) is 10.3. The van der Waals surface area contributed by atoms with E-state index in [1.807, 2.05) is 37.3 Å². The van der Waals surface area contributed by atoms with E-state index in [4.69, 9.17) is 0 Å². The van der Waals surface area contributed by atoms with Crippen molar-refractivity contribution in [2.24, 2.45) is 0 Å². The zero-order valence-electron chi connectivity index (χ0n) is 5.95. The summed E-state index contributed by atoms with van der Waals surface area (Å²) in [7, 11) is 0. The molecular formula is C9H10O. The first-order valence-corrected chi connectivity index (χ1v) is 3.35. The van der Waals surface area contributed by atoms with E-state index >= 15 is 0 Å². The normalized spacial score (nSPS) is 12.5. The molecular weight excluding hydrogens is 124 g/mol. The fourth-order valence-corrected chi connectivity index (χ4v) is 0.835. The third kappa shape index (κ3) is 1.44. The first kappa shape index (κ1) is 7.00. The molecule has 0 aromatic heterocycles. The van der Waals surface area contributed by atoms with Gasteiger partial charge in [-0.25, -0.2) is 0 Å². The summed E-state index contributed by atoms with van der Waals surface area (Å²) in [6.45, 7) is 1.89. The smallest absolute Gasteiger partial charge is 0.127 e. The molecule has 0 unspecified atom stereocenters. The number of rotatable bonds is 2. The van der Waals surface area contributed by atoms with Crippen LogP contribution in [0.1, 0.15) is 18.4 Å². The van der Waals surface area contributed by atoms with Gasteiger partial charge in [0.1, 0.15) is 6.29 Å². The average molecular weight is 134 g/mol. The van der Waals surface area contributed by atoms with Crippen molar-refractivity contribution in [3.8, 4) is 0 Å². The summed E-state index contributed by atoms with van der Waals surface area (Å²) in [6, 6.07) is 9.74. The van der Waals surface area contributed by atoms with E-state index in [0.29, 0.717) is 0 Å². The highest BCUT2D eigenvalue weighted by molar-refractivity contribution is 5.61. The lowest BCUT2D eigenvalue weighted by atomic mass is 10.0. The van der Waals surface area contributed by atoms with Crippen molar-refractivity contribution < 1.29 is 4.79 Å². The van der Waals surface area contributed by atoms with Crippen LogP contribution in [0, 0.1) is 0 Å². The van der Waals surface area contributed by atoms with Gasteiger partial charge in [0, 0.05) is 5.92 Å². The Morgan fingerprint density at radius 3 is 2.40 bits per heavy atom. The second-order valence-electron chi connectivity index (χ2n) is 2.34. The van der Waals surface area contributed by atoms with Gasteiger partial charge in [0.15, 0.2) is 0 Å². The number of hydrogen-bond donors (Lipinski definition) is 0. The Balaban J connectivity index is 2.84. The molecule has 10 heavy (non-hydrogen) atoms. The van der Waals surface area contributed by atoms with E-state index in [2.05, 4.69) is 0 Å². The molecule has 0 heterocycles. The van der Waals surface area contributed by atoms with Crippen LogP contribution in [0.15, 0.2) is 30.3 Å². The fraction of sp³-hybridized carbons (Fsp3) is 0.222. The minimum Gasteiger partial charge on any atom is -0.303 e. The average Bonchev–Trinajstić information content (AvgIpc) is 2.05. The first-order valence-electron chi connectivity index (χ1n) is 3.35. The monoisotopic (exact) mass is 134 g/mol. The van der Waals surface area contributed by atoms with Crippen LogP contribution >= 0.6 is 0 Å². The number of benzene rings is 1. The van der Waals surface area contributed by atoms with E-state index in [-0.39, 0.29) is 5.92 Å². The first-order chi connectivity index (χ1) is 4.84. The van der Waals surface area contributed by atoms with Gasteiger partial charge in [0.25, 0.3) is 0 Å². The van der Waals surface area contributed by atoms with Crippen molar-refractivity contribution in [2.75, 3.05) is 0 Å². The molecule has 1 aromatic carbocycles. The van der Waals surface area contributed by atoms with Crippen molar-refractivity contribution in [2.45, 2.75) is 12.8 Å². The Bertz CT molecular complexity index is 203. The zero-order valence-corrected chi connectivity index (χ0v) is 5.95. The SMILES string of the molecule is C[C@@H](C=O)c1ccccc1. The minimum atomic E-state index is 0.0289. The lowest BCUT2D eigenvalue weighted by Crippen LogP contribution is -1.92. The van der Waals surface area contributed by atoms with Gasteiger partial charge in [-0.15, -0.1) is 0 Å². The molecule has 0 amide bonds. The second kappa shape index (κ2) is 3.16. The molecule has 1 aromatic rings. The zero-order chi connectivity index (χ0) is 7.40. The molecule has 0 saturated heterocycles. The third-order valence-corrected chi connectivity index (χ3v) is 1.53. The standard InChI is InChI=1S/C9H10O/c1-8(7-10)9-5-3-2-4-6-9/h2-8H,1H3/t8-/m0/s1. The van der Waals surface area contributed by atoms with E-state index < -0.39 is 0 Å². The molecule has 0 bridgehead atoms. The quantitative estimate of drug-likeness (QED) is 0.565. The minimum absolute atomic E-state index is 0.0289. The van der Waals surface area contributed by atoms with Crippen LogP contribution in [0.5, 0.6) is 0 Å². The van der Waals surface area contributed by atoms with Gasteiger partial charge in [-0.3, -0.25) is 0 Å². The van der Waals surface area contributed by atoms with Crippen molar-refractivity contribution in [1.29, 1.82) is 0 Å². The van der Waals surface area contributed by atoms with Crippen LogP contribution in [0.2, 0.25) is 0 Å². The Hall–Kier alpha value is -1.11. The molecule has 0 N–H and O–H groups in total. The van der Waals surface area contributed by atoms with E-state index in [9.17, 15) is 4.79 Å². The fourth-order valence-electron chi connectivity index (χ4n) is 0.835. The Morgan fingerprint density at radius 1 is 1.30 bits per heavy atom. The van der Waals surface area contributed by atoms with Crippen molar-refractivity contribution >= 4 is 6.29 Å². The molecule has 0 radical (unpaired) electrons. The summed E-state index contributed by atoms with van der Waals surface area (Å²) >= 11 is 0. The Kier molecular flexibility index (Phi) is 2.21. The molecule has 0 aliphatic rings. The molecule has 1 nitrogen and oxygen atoms in total. The van der Waals surface area contributed by atoms with Gasteiger partial charge in [-0.05, 0) is 5.56 Å². The van der Waals surface area contributed by atoms with Crippen LogP contribution in [0.3, 0.4) is 0 Å². The van der Waals surface area contributed by atoms with Crippen LogP contribution in [0.4, 0.5) is 0 Å². The predicted octanol–water partition coefficient (Wildman–Crippen LogP) is 1.99. The molecule has 52 valence electrons. The maximum atomic E-state index is 10.3. The van der Waals surface area contributed by atoms with Crippen LogP contribution in [-0.4, -0.2) is 6.29 Å². The number of carbonyl (C=O) groups excluding carboxylic acids is 1. The third-order valence-electron chi connectivity index (χ3n) is 1.53. The van der Waals surface area contributed by atoms with Crippen molar-refractivity contribution in [3.63, 3.8) is 0 Å². The van der Waals surface area contributed by atoms with Crippen LogP contribution < -0.4 is 0 Å².